The second-order valence-electron chi connectivity index (χ2n) is 6.28. The molecule has 0 unspecified atom stereocenters. The number of rotatable bonds is 7. The molecule has 0 bridgehead atoms. The van der Waals surface area contributed by atoms with Crippen LogP contribution in [0.2, 0.25) is 0 Å². The molecular formula is C22H19N3O2S2. The number of hydrogen-bond acceptors (Lipinski definition) is 6. The van der Waals surface area contributed by atoms with Gasteiger partial charge in [-0.15, -0.1) is 17.9 Å². The van der Waals surface area contributed by atoms with Crippen LogP contribution in [-0.4, -0.2) is 21.6 Å². The number of hydrogen-bond donors (Lipinski definition) is 0. The Balaban J connectivity index is 1.58. The summed E-state index contributed by atoms with van der Waals surface area (Å²) in [5.74, 6) is 1.46. The van der Waals surface area contributed by atoms with E-state index in [1.54, 1.807) is 35.2 Å². The number of para-hydroxylation sites is 1. The van der Waals surface area contributed by atoms with E-state index in [4.69, 9.17) is 14.7 Å². The van der Waals surface area contributed by atoms with Gasteiger partial charge >= 0.3 is 0 Å². The smallest absolute Gasteiger partial charge is 0.262 e. The van der Waals surface area contributed by atoms with E-state index in [-0.39, 0.29) is 5.56 Å². The minimum absolute atomic E-state index is 0.0461. The maximum Gasteiger partial charge on any atom is 0.262 e. The monoisotopic (exact) mass is 421 g/mol. The van der Waals surface area contributed by atoms with Crippen LogP contribution in [0.5, 0.6) is 5.75 Å². The Bertz CT molecular complexity index is 1210. The molecule has 7 heteroatoms. The van der Waals surface area contributed by atoms with E-state index in [0.717, 1.165) is 22.0 Å². The molecule has 29 heavy (non-hydrogen) atoms. The van der Waals surface area contributed by atoms with E-state index >= 15 is 0 Å². The van der Waals surface area contributed by atoms with E-state index < -0.39 is 0 Å². The molecule has 0 amide bonds. The molecular weight excluding hydrogens is 402 g/mol. The molecule has 2 aromatic carbocycles. The van der Waals surface area contributed by atoms with Crippen LogP contribution >= 0.6 is 23.1 Å². The number of fused-ring (bicyclic) bond motifs is 1. The number of nitrogens with zero attached hydrogens (tertiary/aromatic N) is 3. The normalized spacial score (nSPS) is 10.9. The summed E-state index contributed by atoms with van der Waals surface area (Å²) in [6, 6.07) is 15.3. The number of allylic oxidation sites excluding steroid dienone is 1. The first-order chi connectivity index (χ1) is 14.2. The van der Waals surface area contributed by atoms with Crippen molar-refractivity contribution in [2.24, 2.45) is 0 Å². The van der Waals surface area contributed by atoms with Crippen LogP contribution in [0.15, 0.2) is 76.5 Å². The Morgan fingerprint density at radius 2 is 1.97 bits per heavy atom. The lowest BCUT2D eigenvalue weighted by Gasteiger charge is -2.10. The van der Waals surface area contributed by atoms with Gasteiger partial charge in [-0.1, -0.05) is 30.0 Å². The van der Waals surface area contributed by atoms with E-state index in [1.165, 1.54) is 11.8 Å². The van der Waals surface area contributed by atoms with Crippen molar-refractivity contribution in [3.63, 3.8) is 0 Å². The van der Waals surface area contributed by atoms with Gasteiger partial charge in [0.1, 0.15) is 10.8 Å². The first kappa shape index (κ1) is 19.4. The SMILES string of the molecule is C=CCn1c(SCc2csc(-c3ccc(OC)cc3)n2)nc2ccccc2c1=O. The predicted molar refractivity (Wildman–Crippen MR) is 120 cm³/mol. The van der Waals surface area contributed by atoms with Gasteiger partial charge in [0.15, 0.2) is 5.16 Å². The number of thiazole rings is 1. The molecule has 0 atom stereocenters. The van der Waals surface area contributed by atoms with Gasteiger partial charge in [0.25, 0.3) is 5.56 Å². The molecule has 2 aromatic heterocycles. The summed E-state index contributed by atoms with van der Waals surface area (Å²) in [4.78, 5) is 22.3. The Morgan fingerprint density at radius 3 is 2.72 bits per heavy atom. The highest BCUT2D eigenvalue weighted by Crippen LogP contribution is 2.28. The van der Waals surface area contributed by atoms with Gasteiger partial charge in [-0.05, 0) is 36.4 Å². The third-order valence-corrected chi connectivity index (χ3v) is 6.33. The second kappa shape index (κ2) is 8.63. The Labute approximate surface area is 176 Å². The lowest BCUT2D eigenvalue weighted by molar-refractivity contribution is 0.415. The highest BCUT2D eigenvalue weighted by molar-refractivity contribution is 7.98. The van der Waals surface area contributed by atoms with Gasteiger partial charge in [-0.25, -0.2) is 9.97 Å². The molecule has 2 heterocycles. The molecule has 0 saturated heterocycles. The first-order valence-electron chi connectivity index (χ1n) is 9.01. The van der Waals surface area contributed by atoms with Crippen LogP contribution < -0.4 is 10.3 Å². The minimum atomic E-state index is -0.0461. The fourth-order valence-corrected chi connectivity index (χ4v) is 4.76. The molecule has 4 rings (SSSR count). The van der Waals surface area contributed by atoms with Gasteiger partial charge in [0.2, 0.25) is 0 Å². The van der Waals surface area contributed by atoms with Crippen molar-refractivity contribution in [1.29, 1.82) is 0 Å². The van der Waals surface area contributed by atoms with Gasteiger partial charge in [-0.3, -0.25) is 9.36 Å². The lowest BCUT2D eigenvalue weighted by atomic mass is 10.2. The van der Waals surface area contributed by atoms with Crippen molar-refractivity contribution in [3.05, 3.63) is 82.6 Å². The summed E-state index contributed by atoms with van der Waals surface area (Å²) in [5, 5.41) is 4.30. The van der Waals surface area contributed by atoms with Crippen molar-refractivity contribution in [3.8, 4) is 16.3 Å². The molecule has 4 aromatic rings. The summed E-state index contributed by atoms with van der Waals surface area (Å²) in [5.41, 5.74) is 2.67. The van der Waals surface area contributed by atoms with Crippen LogP contribution in [-0.2, 0) is 12.3 Å². The standard InChI is InChI=1S/C22H19N3O2S2/c1-3-12-25-21(26)18-6-4-5-7-19(18)24-22(25)29-14-16-13-28-20(23-16)15-8-10-17(27-2)11-9-15/h3-11,13H,1,12,14H2,2H3. The maximum absolute atomic E-state index is 12.8. The Hall–Kier alpha value is -2.90. The van der Waals surface area contributed by atoms with Crippen molar-refractivity contribution in [2.75, 3.05) is 7.11 Å². The fourth-order valence-electron chi connectivity index (χ4n) is 2.93. The molecule has 0 aliphatic heterocycles. The molecule has 0 N–H and O–H groups in total. The van der Waals surface area contributed by atoms with E-state index in [2.05, 4.69) is 6.58 Å². The Kier molecular flexibility index (Phi) is 5.78. The van der Waals surface area contributed by atoms with Crippen LogP contribution in [0, 0.1) is 0 Å². The van der Waals surface area contributed by atoms with Gasteiger partial charge in [0, 0.05) is 23.2 Å². The largest absolute Gasteiger partial charge is 0.497 e. The summed E-state index contributed by atoms with van der Waals surface area (Å²) < 4.78 is 6.87. The average Bonchev–Trinajstić information content (AvgIpc) is 3.24. The molecule has 146 valence electrons. The molecule has 0 spiro atoms. The van der Waals surface area contributed by atoms with Crippen LogP contribution in [0.4, 0.5) is 0 Å². The zero-order chi connectivity index (χ0) is 20.2. The zero-order valence-corrected chi connectivity index (χ0v) is 17.5. The number of ether oxygens (including phenoxy) is 1. The zero-order valence-electron chi connectivity index (χ0n) is 15.9. The fraction of sp³-hybridized carbons (Fsp3) is 0.136. The Morgan fingerprint density at radius 1 is 1.17 bits per heavy atom. The molecule has 0 fully saturated rings. The van der Waals surface area contributed by atoms with E-state index in [1.807, 2.05) is 47.8 Å². The van der Waals surface area contributed by atoms with Crippen LogP contribution in [0.1, 0.15) is 5.69 Å². The van der Waals surface area contributed by atoms with Crippen molar-refractivity contribution >= 4 is 34.0 Å². The van der Waals surface area contributed by atoms with Gasteiger partial charge < -0.3 is 4.74 Å². The number of thioether (sulfide) groups is 1. The van der Waals surface area contributed by atoms with E-state index in [9.17, 15) is 4.79 Å². The van der Waals surface area contributed by atoms with Crippen molar-refractivity contribution < 1.29 is 4.74 Å². The third kappa shape index (κ3) is 4.11. The molecule has 5 nitrogen and oxygen atoms in total. The van der Waals surface area contributed by atoms with Gasteiger partial charge in [-0.2, -0.15) is 0 Å². The van der Waals surface area contributed by atoms with Crippen LogP contribution in [0.25, 0.3) is 21.5 Å². The molecule has 0 radical (unpaired) electrons. The lowest BCUT2D eigenvalue weighted by Crippen LogP contribution is -2.22. The first-order valence-corrected chi connectivity index (χ1v) is 10.9. The quantitative estimate of drug-likeness (QED) is 0.239. The predicted octanol–water partition coefficient (Wildman–Crippen LogP) is 5.01. The van der Waals surface area contributed by atoms with Crippen molar-refractivity contribution in [2.45, 2.75) is 17.5 Å². The number of aromatic nitrogens is 3. The summed E-state index contributed by atoms with van der Waals surface area (Å²) in [6.45, 7) is 4.19. The minimum Gasteiger partial charge on any atom is -0.497 e. The summed E-state index contributed by atoms with van der Waals surface area (Å²) in [7, 11) is 1.65. The second-order valence-corrected chi connectivity index (χ2v) is 8.08. The third-order valence-electron chi connectivity index (χ3n) is 4.38. The average molecular weight is 422 g/mol. The highest BCUT2D eigenvalue weighted by Gasteiger charge is 2.12. The molecule has 0 aliphatic rings. The topological polar surface area (TPSA) is 57.0 Å². The molecule has 0 aliphatic carbocycles. The number of benzene rings is 2. The number of methoxy groups -OCH3 is 1. The van der Waals surface area contributed by atoms with Crippen LogP contribution in [0.3, 0.4) is 0 Å². The highest BCUT2D eigenvalue weighted by atomic mass is 32.2. The molecule has 0 saturated carbocycles. The van der Waals surface area contributed by atoms with Gasteiger partial charge in [0.05, 0.1) is 23.7 Å². The maximum atomic E-state index is 12.8. The van der Waals surface area contributed by atoms with Crippen molar-refractivity contribution in [1.82, 2.24) is 14.5 Å². The van der Waals surface area contributed by atoms with E-state index in [0.29, 0.717) is 28.4 Å². The summed E-state index contributed by atoms with van der Waals surface area (Å²) >= 11 is 3.11. The summed E-state index contributed by atoms with van der Waals surface area (Å²) in [6.07, 6.45) is 1.71.